The van der Waals surface area contributed by atoms with Crippen LogP contribution in [0.25, 0.3) is 0 Å². The topological polar surface area (TPSA) is 57.5 Å². The highest BCUT2D eigenvalue weighted by Crippen LogP contribution is 2.26. The van der Waals surface area contributed by atoms with Gasteiger partial charge in [0, 0.05) is 11.1 Å². The SMILES string of the molecule is O=C(c1cc(F)c(O)c(F)c1)c1cc(F)c(O)c(F)c1. The lowest BCUT2D eigenvalue weighted by Crippen LogP contribution is -2.04. The molecule has 2 aromatic carbocycles. The second kappa shape index (κ2) is 4.84. The summed E-state index contributed by atoms with van der Waals surface area (Å²) in [6.45, 7) is 0. The molecule has 104 valence electrons. The van der Waals surface area contributed by atoms with Crippen LogP contribution >= 0.6 is 0 Å². The minimum absolute atomic E-state index is 0.531. The Labute approximate surface area is 109 Å². The lowest BCUT2D eigenvalue weighted by Gasteiger charge is -2.05. The van der Waals surface area contributed by atoms with E-state index >= 15 is 0 Å². The van der Waals surface area contributed by atoms with Crippen LogP contribution in [0.4, 0.5) is 17.6 Å². The van der Waals surface area contributed by atoms with Crippen molar-refractivity contribution >= 4 is 5.78 Å². The summed E-state index contributed by atoms with van der Waals surface area (Å²) in [6, 6.07) is 2.12. The Balaban J connectivity index is 2.52. The Kier molecular flexibility index (Phi) is 3.35. The van der Waals surface area contributed by atoms with Crippen molar-refractivity contribution in [1.82, 2.24) is 0 Å². The number of carbonyl (C=O) groups excluding carboxylic acids is 1. The Bertz CT molecular complexity index is 607. The second-order valence-corrected chi connectivity index (χ2v) is 3.91. The van der Waals surface area contributed by atoms with Crippen molar-refractivity contribution < 1.29 is 32.6 Å². The highest BCUT2D eigenvalue weighted by atomic mass is 19.1. The van der Waals surface area contributed by atoms with Crippen LogP contribution in [0.3, 0.4) is 0 Å². The quantitative estimate of drug-likeness (QED) is 0.659. The zero-order valence-corrected chi connectivity index (χ0v) is 9.62. The fourth-order valence-corrected chi connectivity index (χ4v) is 1.56. The van der Waals surface area contributed by atoms with Gasteiger partial charge in [-0.2, -0.15) is 0 Å². The summed E-state index contributed by atoms with van der Waals surface area (Å²) >= 11 is 0. The number of phenolic OH excluding ortho intramolecular Hbond substituents is 2. The monoisotopic (exact) mass is 286 g/mol. The van der Waals surface area contributed by atoms with Crippen LogP contribution in [0.1, 0.15) is 15.9 Å². The fraction of sp³-hybridized carbons (Fsp3) is 0. The summed E-state index contributed by atoms with van der Waals surface area (Å²) in [4.78, 5) is 11.8. The van der Waals surface area contributed by atoms with E-state index in [0.29, 0.717) is 24.3 Å². The largest absolute Gasteiger partial charge is 0.503 e. The van der Waals surface area contributed by atoms with E-state index in [-0.39, 0.29) is 0 Å². The van der Waals surface area contributed by atoms with Crippen molar-refractivity contribution in [3.05, 3.63) is 58.7 Å². The van der Waals surface area contributed by atoms with Crippen LogP contribution in [0.15, 0.2) is 24.3 Å². The molecule has 0 amide bonds. The van der Waals surface area contributed by atoms with Gasteiger partial charge in [-0.15, -0.1) is 0 Å². The average molecular weight is 286 g/mol. The van der Waals surface area contributed by atoms with E-state index in [9.17, 15) is 22.4 Å². The number of carbonyl (C=O) groups is 1. The summed E-state index contributed by atoms with van der Waals surface area (Å²) in [5, 5.41) is 17.8. The van der Waals surface area contributed by atoms with E-state index in [1.165, 1.54) is 0 Å². The Morgan fingerprint density at radius 3 is 1.20 bits per heavy atom. The number of phenols is 2. The highest BCUT2D eigenvalue weighted by molar-refractivity contribution is 6.09. The molecule has 0 atom stereocenters. The van der Waals surface area contributed by atoms with Crippen LogP contribution < -0.4 is 0 Å². The molecule has 0 saturated heterocycles. The number of ketones is 1. The summed E-state index contributed by atoms with van der Waals surface area (Å²) in [6.07, 6.45) is 0. The highest BCUT2D eigenvalue weighted by Gasteiger charge is 2.19. The summed E-state index contributed by atoms with van der Waals surface area (Å²) in [5.74, 6) is -9.11. The maximum absolute atomic E-state index is 13.1. The van der Waals surface area contributed by atoms with E-state index in [2.05, 4.69) is 0 Å². The van der Waals surface area contributed by atoms with E-state index in [1.807, 2.05) is 0 Å². The van der Waals surface area contributed by atoms with Crippen molar-refractivity contribution in [3.63, 3.8) is 0 Å². The normalized spacial score (nSPS) is 10.6. The maximum atomic E-state index is 13.1. The van der Waals surface area contributed by atoms with Gasteiger partial charge < -0.3 is 10.2 Å². The third kappa shape index (κ3) is 2.29. The van der Waals surface area contributed by atoms with Crippen LogP contribution in [0, 0.1) is 23.3 Å². The summed E-state index contributed by atoms with van der Waals surface area (Å²) in [7, 11) is 0. The van der Waals surface area contributed by atoms with Gasteiger partial charge in [0.05, 0.1) is 0 Å². The molecule has 0 saturated carbocycles. The van der Waals surface area contributed by atoms with Gasteiger partial charge in [-0.05, 0) is 24.3 Å². The Morgan fingerprint density at radius 1 is 0.700 bits per heavy atom. The molecule has 0 bridgehead atoms. The van der Waals surface area contributed by atoms with Gasteiger partial charge in [0.15, 0.2) is 40.6 Å². The molecule has 7 heteroatoms. The molecule has 2 rings (SSSR count). The van der Waals surface area contributed by atoms with Gasteiger partial charge in [0.25, 0.3) is 0 Å². The van der Waals surface area contributed by atoms with Gasteiger partial charge in [0.1, 0.15) is 0 Å². The van der Waals surface area contributed by atoms with Gasteiger partial charge in [-0.1, -0.05) is 0 Å². The number of aromatic hydroxyl groups is 2. The van der Waals surface area contributed by atoms with Crippen LogP contribution in [0.2, 0.25) is 0 Å². The van der Waals surface area contributed by atoms with Gasteiger partial charge in [-0.3, -0.25) is 4.79 Å². The predicted molar refractivity (Wildman–Crippen MR) is 59.5 cm³/mol. The molecule has 0 aliphatic rings. The number of hydrogen-bond acceptors (Lipinski definition) is 3. The summed E-state index contributed by atoms with van der Waals surface area (Å²) < 4.78 is 52.4. The van der Waals surface area contributed by atoms with Gasteiger partial charge >= 0.3 is 0 Å². The molecule has 0 aliphatic heterocycles. The minimum Gasteiger partial charge on any atom is -0.503 e. The molecule has 0 aliphatic carbocycles. The maximum Gasteiger partial charge on any atom is 0.193 e. The Hall–Kier alpha value is -2.57. The first-order chi connectivity index (χ1) is 9.31. The summed E-state index contributed by atoms with van der Waals surface area (Å²) in [5.41, 5.74) is -1.08. The van der Waals surface area contributed by atoms with Crippen molar-refractivity contribution in [2.24, 2.45) is 0 Å². The lowest BCUT2D eigenvalue weighted by atomic mass is 10.0. The number of halogens is 4. The molecule has 2 aromatic rings. The van der Waals surface area contributed by atoms with Crippen molar-refractivity contribution in [3.8, 4) is 11.5 Å². The molecule has 2 N–H and O–H groups in total. The van der Waals surface area contributed by atoms with Crippen molar-refractivity contribution in [1.29, 1.82) is 0 Å². The number of benzene rings is 2. The molecule has 3 nitrogen and oxygen atoms in total. The zero-order chi connectivity index (χ0) is 15.0. The third-order valence-electron chi connectivity index (χ3n) is 2.56. The van der Waals surface area contributed by atoms with Crippen molar-refractivity contribution in [2.45, 2.75) is 0 Å². The van der Waals surface area contributed by atoms with E-state index in [0.717, 1.165) is 0 Å². The molecule has 0 fully saturated rings. The number of hydrogen-bond donors (Lipinski definition) is 2. The molecule has 0 aromatic heterocycles. The van der Waals surface area contributed by atoms with Crippen LogP contribution in [-0.2, 0) is 0 Å². The third-order valence-corrected chi connectivity index (χ3v) is 2.56. The zero-order valence-electron chi connectivity index (χ0n) is 9.62. The van der Waals surface area contributed by atoms with Gasteiger partial charge in [0.2, 0.25) is 0 Å². The first-order valence-electron chi connectivity index (χ1n) is 5.22. The first kappa shape index (κ1) is 13.9. The Morgan fingerprint density at radius 2 is 0.950 bits per heavy atom. The number of rotatable bonds is 2. The smallest absolute Gasteiger partial charge is 0.193 e. The fourth-order valence-electron chi connectivity index (χ4n) is 1.56. The van der Waals surface area contributed by atoms with E-state index in [4.69, 9.17) is 10.2 Å². The molecule has 0 heterocycles. The average Bonchev–Trinajstić information content (AvgIpc) is 2.40. The molecular formula is C13H6F4O3. The molecular weight excluding hydrogens is 280 g/mol. The van der Waals surface area contributed by atoms with E-state index in [1.54, 1.807) is 0 Å². The first-order valence-corrected chi connectivity index (χ1v) is 5.22. The lowest BCUT2D eigenvalue weighted by molar-refractivity contribution is 0.103. The van der Waals surface area contributed by atoms with E-state index < -0.39 is 51.7 Å². The molecule has 0 radical (unpaired) electrons. The molecule has 20 heavy (non-hydrogen) atoms. The molecule has 0 spiro atoms. The minimum atomic E-state index is -1.38. The van der Waals surface area contributed by atoms with Crippen LogP contribution in [-0.4, -0.2) is 16.0 Å². The standard InChI is InChI=1S/C13H6F4O3/c14-7-1-5(2-8(15)12(7)19)11(18)6-3-9(16)13(20)10(17)4-6/h1-4,19-20H. The molecule has 0 unspecified atom stereocenters. The van der Waals surface area contributed by atoms with Gasteiger partial charge in [-0.25, -0.2) is 17.6 Å². The predicted octanol–water partition coefficient (Wildman–Crippen LogP) is 2.89. The van der Waals surface area contributed by atoms with Crippen molar-refractivity contribution in [2.75, 3.05) is 0 Å². The van der Waals surface area contributed by atoms with Crippen LogP contribution in [0.5, 0.6) is 11.5 Å². The second-order valence-electron chi connectivity index (χ2n) is 3.91.